The van der Waals surface area contributed by atoms with E-state index >= 15 is 0 Å². The second kappa shape index (κ2) is 5.59. The van der Waals surface area contributed by atoms with Crippen molar-refractivity contribution in [3.8, 4) is 0 Å². The van der Waals surface area contributed by atoms with E-state index in [1.54, 1.807) is 6.92 Å². The normalized spacial score (nSPS) is 24.0. The molecule has 0 aromatic heterocycles. The van der Waals surface area contributed by atoms with Gasteiger partial charge in [-0.25, -0.2) is 13.2 Å². The van der Waals surface area contributed by atoms with E-state index in [9.17, 15) is 28.2 Å². The van der Waals surface area contributed by atoms with E-state index in [1.165, 1.54) is 13.0 Å². The van der Waals surface area contributed by atoms with E-state index in [4.69, 9.17) is 5.11 Å². The Bertz CT molecular complexity index is 779. The van der Waals surface area contributed by atoms with Gasteiger partial charge in [-0.15, -0.1) is 0 Å². The van der Waals surface area contributed by atoms with Gasteiger partial charge in [-0.3, -0.25) is 4.79 Å². The molecule has 0 amide bonds. The van der Waals surface area contributed by atoms with E-state index in [0.717, 1.165) is 6.07 Å². The lowest BCUT2D eigenvalue weighted by Gasteiger charge is -2.41. The zero-order valence-electron chi connectivity index (χ0n) is 12.5. The van der Waals surface area contributed by atoms with Gasteiger partial charge in [-0.2, -0.15) is 4.72 Å². The summed E-state index contributed by atoms with van der Waals surface area (Å²) in [5, 5.41) is 27.7. The van der Waals surface area contributed by atoms with Gasteiger partial charge in [0.1, 0.15) is 5.54 Å². The second-order valence-electron chi connectivity index (χ2n) is 5.79. The molecule has 0 spiro atoms. The molecular weight excluding hydrogens is 326 g/mol. The van der Waals surface area contributed by atoms with Gasteiger partial charge in [0.2, 0.25) is 10.0 Å². The second-order valence-corrected chi connectivity index (χ2v) is 7.44. The minimum absolute atomic E-state index is 0.172. The Balaban J connectivity index is 2.46. The molecule has 0 bridgehead atoms. The van der Waals surface area contributed by atoms with Gasteiger partial charge in [0.15, 0.2) is 0 Å². The van der Waals surface area contributed by atoms with Crippen LogP contribution in [0.3, 0.4) is 0 Å². The summed E-state index contributed by atoms with van der Waals surface area (Å²) >= 11 is 0. The van der Waals surface area contributed by atoms with Crippen LogP contribution >= 0.6 is 0 Å². The molecule has 8 nitrogen and oxygen atoms in total. The highest BCUT2D eigenvalue weighted by atomic mass is 32.2. The number of benzene rings is 1. The molecule has 1 saturated carbocycles. The standard InChI is InChI=1S/C14H17NO7S/c1-7-3-8(2)11(4-10(7)12(17)18)23(21,22)15-14(13(19)20)5-9(16)6-14/h3-4,9,15-16H,5-6H2,1-2H3,(H,17,18)(H,19,20). The average molecular weight is 343 g/mol. The third-order valence-electron chi connectivity index (χ3n) is 3.95. The molecule has 1 fully saturated rings. The Labute approximate surface area is 132 Å². The molecule has 1 aliphatic rings. The molecular formula is C14H17NO7S. The quantitative estimate of drug-likeness (QED) is 0.601. The van der Waals surface area contributed by atoms with Gasteiger partial charge >= 0.3 is 11.9 Å². The number of hydrogen-bond donors (Lipinski definition) is 4. The van der Waals surface area contributed by atoms with Crippen molar-refractivity contribution in [2.45, 2.75) is 43.2 Å². The average Bonchev–Trinajstić information content (AvgIpc) is 2.34. The van der Waals surface area contributed by atoms with E-state index in [2.05, 4.69) is 4.72 Å². The monoisotopic (exact) mass is 343 g/mol. The predicted molar refractivity (Wildman–Crippen MR) is 78.8 cm³/mol. The largest absolute Gasteiger partial charge is 0.480 e. The number of rotatable bonds is 5. The third kappa shape index (κ3) is 3.07. The number of aromatic carboxylic acids is 1. The van der Waals surface area contributed by atoms with Gasteiger partial charge in [-0.05, 0) is 31.0 Å². The molecule has 0 unspecified atom stereocenters. The number of aliphatic hydroxyl groups is 1. The van der Waals surface area contributed by atoms with E-state index in [-0.39, 0.29) is 23.3 Å². The van der Waals surface area contributed by atoms with E-state index in [1.807, 2.05) is 0 Å². The fourth-order valence-electron chi connectivity index (χ4n) is 2.71. The smallest absolute Gasteiger partial charge is 0.335 e. The lowest BCUT2D eigenvalue weighted by molar-refractivity contribution is -0.153. The molecule has 2 rings (SSSR count). The summed E-state index contributed by atoms with van der Waals surface area (Å²) in [5.41, 5.74) is -1.23. The van der Waals surface area contributed by atoms with Gasteiger partial charge < -0.3 is 15.3 Å². The van der Waals surface area contributed by atoms with Crippen molar-refractivity contribution >= 4 is 22.0 Å². The molecule has 0 saturated heterocycles. The first-order chi connectivity index (χ1) is 10.5. The van der Waals surface area contributed by atoms with Crippen LogP contribution in [0.1, 0.15) is 34.3 Å². The first-order valence-electron chi connectivity index (χ1n) is 6.78. The Hall–Kier alpha value is -1.97. The predicted octanol–water partition coefficient (Wildman–Crippen LogP) is 0.258. The molecule has 23 heavy (non-hydrogen) atoms. The number of sulfonamides is 1. The zero-order valence-corrected chi connectivity index (χ0v) is 13.3. The van der Waals surface area contributed by atoms with Crippen molar-refractivity contribution in [1.82, 2.24) is 4.72 Å². The van der Waals surface area contributed by atoms with Gasteiger partial charge in [0, 0.05) is 12.8 Å². The SMILES string of the molecule is Cc1cc(C)c(S(=O)(=O)NC2(C(=O)O)CC(O)C2)cc1C(=O)O. The number of aliphatic hydroxyl groups excluding tert-OH is 1. The molecule has 0 aliphatic heterocycles. The summed E-state index contributed by atoms with van der Waals surface area (Å²) in [6.45, 7) is 3.04. The maximum Gasteiger partial charge on any atom is 0.335 e. The highest BCUT2D eigenvalue weighted by Gasteiger charge is 2.52. The third-order valence-corrected chi connectivity index (χ3v) is 5.63. The van der Waals surface area contributed by atoms with Crippen LogP contribution < -0.4 is 4.72 Å². The molecule has 1 aromatic rings. The number of hydrogen-bond acceptors (Lipinski definition) is 5. The molecule has 4 N–H and O–H groups in total. The van der Waals surface area contributed by atoms with Crippen molar-refractivity contribution in [2.75, 3.05) is 0 Å². The summed E-state index contributed by atoms with van der Waals surface area (Å²) in [4.78, 5) is 22.2. The summed E-state index contributed by atoms with van der Waals surface area (Å²) in [7, 11) is -4.26. The molecule has 126 valence electrons. The summed E-state index contributed by atoms with van der Waals surface area (Å²) in [6.07, 6.45) is -1.36. The molecule has 1 aliphatic carbocycles. The summed E-state index contributed by atoms with van der Waals surface area (Å²) in [6, 6.07) is 2.43. The van der Waals surface area contributed by atoms with Crippen LogP contribution in [0.4, 0.5) is 0 Å². The maximum atomic E-state index is 12.5. The molecule has 0 heterocycles. The topological polar surface area (TPSA) is 141 Å². The number of carboxylic acid groups (broad SMARTS) is 2. The van der Waals surface area contributed by atoms with Crippen LogP contribution in [0.15, 0.2) is 17.0 Å². The van der Waals surface area contributed by atoms with E-state index < -0.39 is 33.6 Å². The number of carbonyl (C=O) groups is 2. The minimum atomic E-state index is -4.26. The van der Waals surface area contributed by atoms with Crippen molar-refractivity contribution < 1.29 is 33.3 Å². The fourth-order valence-corrected chi connectivity index (χ4v) is 4.34. The zero-order chi connectivity index (χ0) is 17.6. The number of aryl methyl sites for hydroxylation is 2. The van der Waals surface area contributed by atoms with Gasteiger partial charge in [0.25, 0.3) is 0 Å². The van der Waals surface area contributed by atoms with E-state index in [0.29, 0.717) is 11.1 Å². The summed E-state index contributed by atoms with van der Waals surface area (Å²) in [5.74, 6) is -2.65. The van der Waals surface area contributed by atoms with Crippen molar-refractivity contribution in [3.63, 3.8) is 0 Å². The lowest BCUT2D eigenvalue weighted by Crippen LogP contribution is -2.64. The minimum Gasteiger partial charge on any atom is -0.480 e. The number of aliphatic carboxylic acids is 1. The Morgan fingerprint density at radius 3 is 2.17 bits per heavy atom. The first-order valence-corrected chi connectivity index (χ1v) is 8.27. The van der Waals surface area contributed by atoms with Gasteiger partial charge in [0.05, 0.1) is 16.6 Å². The maximum absolute atomic E-state index is 12.5. The summed E-state index contributed by atoms with van der Waals surface area (Å²) < 4.78 is 27.1. The van der Waals surface area contributed by atoms with Crippen LogP contribution in [0.5, 0.6) is 0 Å². The van der Waals surface area contributed by atoms with Crippen molar-refractivity contribution in [1.29, 1.82) is 0 Å². The van der Waals surface area contributed by atoms with Crippen LogP contribution in [-0.2, 0) is 14.8 Å². The van der Waals surface area contributed by atoms with Crippen LogP contribution in [0.25, 0.3) is 0 Å². The lowest BCUT2D eigenvalue weighted by atomic mass is 9.75. The first kappa shape index (κ1) is 17.4. The van der Waals surface area contributed by atoms with Crippen LogP contribution in [0, 0.1) is 13.8 Å². The highest BCUT2D eigenvalue weighted by molar-refractivity contribution is 7.89. The Morgan fingerprint density at radius 2 is 1.74 bits per heavy atom. The van der Waals surface area contributed by atoms with Crippen molar-refractivity contribution in [2.24, 2.45) is 0 Å². The van der Waals surface area contributed by atoms with Crippen LogP contribution in [-0.4, -0.2) is 47.3 Å². The highest BCUT2D eigenvalue weighted by Crippen LogP contribution is 2.34. The Kier molecular flexibility index (Phi) is 4.22. The number of nitrogens with one attached hydrogen (secondary N) is 1. The van der Waals surface area contributed by atoms with Crippen LogP contribution in [0.2, 0.25) is 0 Å². The Morgan fingerprint density at radius 1 is 1.17 bits per heavy atom. The van der Waals surface area contributed by atoms with Gasteiger partial charge in [-0.1, -0.05) is 6.07 Å². The molecule has 0 atom stereocenters. The molecule has 0 radical (unpaired) electrons. The van der Waals surface area contributed by atoms with Crippen molar-refractivity contribution in [3.05, 3.63) is 28.8 Å². The molecule has 1 aromatic carbocycles. The molecule has 9 heteroatoms. The number of carboxylic acids is 2. The fraction of sp³-hybridized carbons (Fsp3) is 0.429.